The first-order valence-corrected chi connectivity index (χ1v) is 7.52. The second-order valence-electron chi connectivity index (χ2n) is 5.23. The molecule has 1 rings (SSSR count). The number of aliphatic hydroxyl groups excluding tert-OH is 1. The number of hydrogen-bond acceptors (Lipinski definition) is 6. The Balaban J connectivity index is 2.28. The highest BCUT2D eigenvalue weighted by Crippen LogP contribution is 2.03. The van der Waals surface area contributed by atoms with E-state index in [1.807, 2.05) is 0 Å². The minimum Gasteiger partial charge on any atom is -0.375 e. The second kappa shape index (κ2) is 9.98. The molecule has 1 fully saturated rings. The first-order valence-electron chi connectivity index (χ1n) is 7.52. The summed E-state index contributed by atoms with van der Waals surface area (Å²) in [6.45, 7) is 11.6. The Hall–Kier alpha value is -1.90. The van der Waals surface area contributed by atoms with Gasteiger partial charge < -0.3 is 15.3 Å². The van der Waals surface area contributed by atoms with E-state index in [4.69, 9.17) is 4.89 Å². The van der Waals surface area contributed by atoms with Gasteiger partial charge in [0.15, 0.2) is 0 Å². The number of carbonyl (C=O) groups is 2. The number of urea groups is 1. The SMILES string of the molecule is C=CC(O)N(CCCOOC(=O)C(=C)C)CCN1CCNC1=O. The predicted molar refractivity (Wildman–Crippen MR) is 84.2 cm³/mol. The third-order valence-corrected chi connectivity index (χ3v) is 3.34. The molecule has 23 heavy (non-hydrogen) atoms. The molecular formula is C15H25N3O5. The number of nitrogens with one attached hydrogen (secondary N) is 1. The van der Waals surface area contributed by atoms with Crippen LogP contribution < -0.4 is 5.32 Å². The number of hydrogen-bond donors (Lipinski definition) is 2. The molecule has 0 saturated carbocycles. The number of aliphatic hydroxyl groups is 1. The van der Waals surface area contributed by atoms with E-state index < -0.39 is 12.2 Å². The molecule has 130 valence electrons. The molecule has 1 unspecified atom stereocenters. The maximum absolute atomic E-state index is 11.5. The van der Waals surface area contributed by atoms with Gasteiger partial charge in [0.05, 0.1) is 6.61 Å². The van der Waals surface area contributed by atoms with Crippen LogP contribution in [0.5, 0.6) is 0 Å². The van der Waals surface area contributed by atoms with E-state index in [0.717, 1.165) is 0 Å². The molecule has 0 aromatic rings. The summed E-state index contributed by atoms with van der Waals surface area (Å²) in [4.78, 5) is 35.4. The van der Waals surface area contributed by atoms with Crippen molar-refractivity contribution >= 4 is 12.0 Å². The van der Waals surface area contributed by atoms with E-state index in [2.05, 4.69) is 23.4 Å². The molecule has 1 aliphatic heterocycles. The summed E-state index contributed by atoms with van der Waals surface area (Å²) < 4.78 is 0. The topological polar surface area (TPSA) is 91.3 Å². The first-order chi connectivity index (χ1) is 11.0. The van der Waals surface area contributed by atoms with E-state index in [-0.39, 0.29) is 18.2 Å². The Labute approximate surface area is 136 Å². The van der Waals surface area contributed by atoms with Crippen LogP contribution in [0.15, 0.2) is 24.8 Å². The van der Waals surface area contributed by atoms with E-state index in [1.54, 1.807) is 9.80 Å². The van der Waals surface area contributed by atoms with Crippen LogP contribution in [0.25, 0.3) is 0 Å². The molecule has 2 amide bonds. The molecule has 1 aliphatic rings. The maximum Gasteiger partial charge on any atom is 0.368 e. The summed E-state index contributed by atoms with van der Waals surface area (Å²) in [6.07, 6.45) is 1.16. The zero-order valence-corrected chi connectivity index (χ0v) is 13.5. The van der Waals surface area contributed by atoms with Crippen molar-refractivity contribution in [1.29, 1.82) is 0 Å². The summed E-state index contributed by atoms with van der Waals surface area (Å²) in [5.74, 6) is -0.604. The van der Waals surface area contributed by atoms with Gasteiger partial charge in [-0.2, -0.15) is 4.89 Å². The van der Waals surface area contributed by atoms with Crippen LogP contribution in [0.3, 0.4) is 0 Å². The fourth-order valence-electron chi connectivity index (χ4n) is 1.99. The van der Waals surface area contributed by atoms with Gasteiger partial charge in [0.25, 0.3) is 0 Å². The monoisotopic (exact) mass is 327 g/mol. The van der Waals surface area contributed by atoms with Crippen molar-refractivity contribution in [2.75, 3.05) is 39.3 Å². The van der Waals surface area contributed by atoms with Crippen molar-refractivity contribution < 1.29 is 24.5 Å². The number of amides is 2. The van der Waals surface area contributed by atoms with Crippen LogP contribution in [0.4, 0.5) is 4.79 Å². The maximum atomic E-state index is 11.5. The number of rotatable bonds is 11. The van der Waals surface area contributed by atoms with E-state index >= 15 is 0 Å². The summed E-state index contributed by atoms with van der Waals surface area (Å²) in [5.41, 5.74) is 0.262. The van der Waals surface area contributed by atoms with Gasteiger partial charge in [-0.05, 0) is 19.4 Å². The van der Waals surface area contributed by atoms with Gasteiger partial charge in [-0.1, -0.05) is 13.2 Å². The van der Waals surface area contributed by atoms with Gasteiger partial charge in [-0.15, -0.1) is 0 Å². The lowest BCUT2D eigenvalue weighted by Crippen LogP contribution is -2.42. The Morgan fingerprint density at radius 1 is 1.57 bits per heavy atom. The molecule has 0 aromatic carbocycles. The van der Waals surface area contributed by atoms with Crippen molar-refractivity contribution in [3.8, 4) is 0 Å². The molecule has 0 spiro atoms. The van der Waals surface area contributed by atoms with Crippen LogP contribution in [0.1, 0.15) is 13.3 Å². The van der Waals surface area contributed by atoms with Gasteiger partial charge in [0.1, 0.15) is 6.23 Å². The largest absolute Gasteiger partial charge is 0.375 e. The molecule has 2 N–H and O–H groups in total. The molecule has 1 atom stereocenters. The Bertz CT molecular complexity index is 441. The van der Waals surface area contributed by atoms with E-state index in [0.29, 0.717) is 39.1 Å². The highest BCUT2D eigenvalue weighted by Gasteiger charge is 2.21. The average molecular weight is 327 g/mol. The molecule has 8 heteroatoms. The highest BCUT2D eigenvalue weighted by molar-refractivity contribution is 5.86. The molecular weight excluding hydrogens is 302 g/mol. The lowest BCUT2D eigenvalue weighted by atomic mass is 10.3. The summed E-state index contributed by atoms with van der Waals surface area (Å²) in [5, 5.41) is 12.7. The quantitative estimate of drug-likeness (QED) is 0.141. The Morgan fingerprint density at radius 2 is 2.30 bits per heavy atom. The van der Waals surface area contributed by atoms with Gasteiger partial charge in [0, 0.05) is 38.3 Å². The molecule has 8 nitrogen and oxygen atoms in total. The third kappa shape index (κ3) is 6.81. The van der Waals surface area contributed by atoms with Crippen LogP contribution >= 0.6 is 0 Å². The summed E-state index contributed by atoms with van der Waals surface area (Å²) in [6, 6.07) is -0.0897. The molecule has 0 radical (unpaired) electrons. The average Bonchev–Trinajstić information content (AvgIpc) is 2.94. The van der Waals surface area contributed by atoms with Crippen LogP contribution in [0.2, 0.25) is 0 Å². The number of carbonyl (C=O) groups excluding carboxylic acids is 2. The molecule has 0 aromatic heterocycles. The van der Waals surface area contributed by atoms with E-state index in [9.17, 15) is 14.7 Å². The van der Waals surface area contributed by atoms with Crippen molar-refractivity contribution in [1.82, 2.24) is 15.1 Å². The molecule has 0 bridgehead atoms. The standard InChI is InChI=1S/C15H25N3O5/c1-4-13(19)17(9-10-18-8-6-16-15(18)21)7-5-11-22-23-14(20)12(2)3/h4,13,19H,1-2,5-11H2,3H3,(H,16,21). The smallest absolute Gasteiger partial charge is 0.368 e. The Morgan fingerprint density at radius 3 is 2.87 bits per heavy atom. The van der Waals surface area contributed by atoms with Crippen LogP contribution in [-0.2, 0) is 14.6 Å². The highest BCUT2D eigenvalue weighted by atomic mass is 17.2. The first kappa shape index (κ1) is 19.1. The van der Waals surface area contributed by atoms with Crippen molar-refractivity contribution in [2.24, 2.45) is 0 Å². The predicted octanol–water partition coefficient (Wildman–Crippen LogP) is 0.259. The zero-order chi connectivity index (χ0) is 17.2. The summed E-state index contributed by atoms with van der Waals surface area (Å²) in [7, 11) is 0. The lowest BCUT2D eigenvalue weighted by Gasteiger charge is -2.27. The van der Waals surface area contributed by atoms with Gasteiger partial charge >= 0.3 is 12.0 Å². The zero-order valence-electron chi connectivity index (χ0n) is 13.5. The third-order valence-electron chi connectivity index (χ3n) is 3.34. The van der Waals surface area contributed by atoms with Crippen LogP contribution in [0, 0.1) is 0 Å². The van der Waals surface area contributed by atoms with Gasteiger partial charge in [-0.3, -0.25) is 9.79 Å². The molecule has 1 saturated heterocycles. The van der Waals surface area contributed by atoms with Gasteiger partial charge in [0.2, 0.25) is 0 Å². The Kier molecular flexibility index (Phi) is 8.31. The normalized spacial score (nSPS) is 15.4. The van der Waals surface area contributed by atoms with Crippen molar-refractivity contribution in [3.05, 3.63) is 24.8 Å². The minimum absolute atomic E-state index is 0.0897. The van der Waals surface area contributed by atoms with Crippen LogP contribution in [-0.4, -0.2) is 72.5 Å². The number of nitrogens with zero attached hydrogens (tertiary/aromatic N) is 2. The fraction of sp³-hybridized carbons (Fsp3) is 0.600. The van der Waals surface area contributed by atoms with Crippen molar-refractivity contribution in [2.45, 2.75) is 19.6 Å². The molecule has 1 heterocycles. The van der Waals surface area contributed by atoms with E-state index in [1.165, 1.54) is 13.0 Å². The van der Waals surface area contributed by atoms with Gasteiger partial charge in [-0.25, -0.2) is 9.59 Å². The van der Waals surface area contributed by atoms with Crippen molar-refractivity contribution in [3.63, 3.8) is 0 Å². The minimum atomic E-state index is -0.807. The summed E-state index contributed by atoms with van der Waals surface area (Å²) >= 11 is 0. The lowest BCUT2D eigenvalue weighted by molar-refractivity contribution is -0.269. The fourth-order valence-corrected chi connectivity index (χ4v) is 1.99. The molecule has 0 aliphatic carbocycles. The second-order valence-corrected chi connectivity index (χ2v) is 5.23.